The summed E-state index contributed by atoms with van der Waals surface area (Å²) < 4.78 is 5.76. The number of carbonyl (C=O) groups excluding carboxylic acids is 1. The first-order chi connectivity index (χ1) is 15.6. The van der Waals surface area contributed by atoms with Crippen LogP contribution in [-0.2, 0) is 0 Å². The molecule has 0 aliphatic rings. The van der Waals surface area contributed by atoms with Gasteiger partial charge in [0.2, 0.25) is 5.89 Å². The Morgan fingerprint density at radius 2 is 1.73 bits per heavy atom. The zero-order chi connectivity index (χ0) is 23.9. The molecule has 0 atom stereocenters. The fourth-order valence-corrected chi connectivity index (χ4v) is 3.26. The maximum Gasteiger partial charge on any atom is 0.289 e. The molecule has 1 aromatic heterocycles. The van der Waals surface area contributed by atoms with Gasteiger partial charge in [-0.25, -0.2) is 4.98 Å². The fraction of sp³-hybridized carbons (Fsp3) is 0.0909. The van der Waals surface area contributed by atoms with Crippen molar-refractivity contribution >= 4 is 34.1 Å². The van der Waals surface area contributed by atoms with E-state index in [-0.39, 0.29) is 28.5 Å². The molecule has 0 aliphatic heterocycles. The van der Waals surface area contributed by atoms with Gasteiger partial charge in [-0.3, -0.25) is 25.0 Å². The summed E-state index contributed by atoms with van der Waals surface area (Å²) in [6, 6.07) is 10.6. The molecule has 0 spiro atoms. The van der Waals surface area contributed by atoms with E-state index in [1.54, 1.807) is 0 Å². The molecule has 11 nitrogen and oxygen atoms in total. The first-order valence-electron chi connectivity index (χ1n) is 9.59. The highest BCUT2D eigenvalue weighted by molar-refractivity contribution is 6.07. The number of aryl methyl sites for hydroxylation is 2. The van der Waals surface area contributed by atoms with Gasteiger partial charge in [-0.15, -0.1) is 0 Å². The molecular weight excluding hydrogens is 432 g/mol. The number of nitro groups is 2. The summed E-state index contributed by atoms with van der Waals surface area (Å²) in [4.78, 5) is 37.6. The second-order valence-corrected chi connectivity index (χ2v) is 7.32. The maximum absolute atomic E-state index is 12.7. The summed E-state index contributed by atoms with van der Waals surface area (Å²) in [7, 11) is 0. The molecule has 1 heterocycles. The Labute approximate surface area is 185 Å². The zero-order valence-corrected chi connectivity index (χ0v) is 17.4. The van der Waals surface area contributed by atoms with Crippen LogP contribution in [0.5, 0.6) is 5.75 Å². The number of phenolic OH excluding ortho intramolecular Hbond substituents is 1. The number of nitrogens with one attached hydrogen (secondary N) is 1. The van der Waals surface area contributed by atoms with Gasteiger partial charge in [0.1, 0.15) is 16.8 Å². The van der Waals surface area contributed by atoms with Gasteiger partial charge in [-0.1, -0.05) is 0 Å². The Bertz CT molecular complexity index is 1420. The molecule has 4 aromatic rings. The standard InChI is InChI=1S/C22H16N4O7/c1-11-7-17-20(8-12(11)2)33-22(24-17)16-9-13(3-6-19(16)27)23-21(28)15-5-4-14(25(29)30)10-18(15)26(31)32/h3-10,27H,1-2H3,(H,23,28). The molecule has 0 saturated heterocycles. The third-order valence-electron chi connectivity index (χ3n) is 5.12. The maximum atomic E-state index is 12.7. The van der Waals surface area contributed by atoms with Crippen LogP contribution < -0.4 is 5.32 Å². The number of hydrogen-bond donors (Lipinski definition) is 2. The van der Waals surface area contributed by atoms with Crippen molar-refractivity contribution in [1.82, 2.24) is 4.98 Å². The molecule has 0 radical (unpaired) electrons. The minimum absolute atomic E-state index is 0.130. The molecule has 2 N–H and O–H groups in total. The van der Waals surface area contributed by atoms with E-state index in [2.05, 4.69) is 10.3 Å². The Morgan fingerprint density at radius 1 is 1.00 bits per heavy atom. The number of benzene rings is 3. The van der Waals surface area contributed by atoms with Crippen molar-refractivity contribution in [1.29, 1.82) is 0 Å². The summed E-state index contributed by atoms with van der Waals surface area (Å²) >= 11 is 0. The van der Waals surface area contributed by atoms with Crippen LogP contribution in [0, 0.1) is 34.1 Å². The van der Waals surface area contributed by atoms with Crippen molar-refractivity contribution in [3.05, 3.63) is 85.4 Å². The van der Waals surface area contributed by atoms with Crippen molar-refractivity contribution in [3.63, 3.8) is 0 Å². The highest BCUT2D eigenvalue weighted by atomic mass is 16.6. The number of non-ortho nitro benzene ring substituents is 1. The van der Waals surface area contributed by atoms with Crippen molar-refractivity contribution in [2.24, 2.45) is 0 Å². The molecule has 0 saturated carbocycles. The first kappa shape index (κ1) is 21.4. The number of carbonyl (C=O) groups is 1. The Hall–Kier alpha value is -4.80. The van der Waals surface area contributed by atoms with Crippen molar-refractivity contribution < 1.29 is 24.2 Å². The normalized spacial score (nSPS) is 10.8. The number of hydrogen-bond acceptors (Lipinski definition) is 8. The highest BCUT2D eigenvalue weighted by Crippen LogP contribution is 2.34. The topological polar surface area (TPSA) is 162 Å². The van der Waals surface area contributed by atoms with E-state index in [1.165, 1.54) is 18.2 Å². The van der Waals surface area contributed by atoms with Crippen LogP contribution in [0.2, 0.25) is 0 Å². The molecule has 166 valence electrons. The molecule has 3 aromatic carbocycles. The zero-order valence-electron chi connectivity index (χ0n) is 17.4. The third kappa shape index (κ3) is 4.06. The van der Waals surface area contributed by atoms with Gasteiger partial charge < -0.3 is 14.8 Å². The van der Waals surface area contributed by atoms with Crippen LogP contribution in [0.25, 0.3) is 22.6 Å². The second-order valence-electron chi connectivity index (χ2n) is 7.32. The molecule has 4 rings (SSSR count). The summed E-state index contributed by atoms with van der Waals surface area (Å²) in [5, 5.41) is 35.0. The minimum atomic E-state index is -0.869. The lowest BCUT2D eigenvalue weighted by Gasteiger charge is -2.08. The summed E-state index contributed by atoms with van der Waals surface area (Å²) in [5.74, 6) is -0.865. The minimum Gasteiger partial charge on any atom is -0.507 e. The van der Waals surface area contributed by atoms with Crippen LogP contribution >= 0.6 is 0 Å². The number of nitro benzene ring substituents is 2. The number of nitrogens with zero attached hydrogens (tertiary/aromatic N) is 3. The number of aromatic nitrogens is 1. The number of oxazole rings is 1. The van der Waals surface area contributed by atoms with Gasteiger partial charge in [0.15, 0.2) is 5.58 Å². The van der Waals surface area contributed by atoms with E-state index in [0.717, 1.165) is 29.3 Å². The lowest BCUT2D eigenvalue weighted by Crippen LogP contribution is -2.14. The molecule has 11 heteroatoms. The van der Waals surface area contributed by atoms with E-state index in [4.69, 9.17) is 4.42 Å². The molecule has 0 bridgehead atoms. The van der Waals surface area contributed by atoms with Gasteiger partial charge >= 0.3 is 0 Å². The van der Waals surface area contributed by atoms with Crippen molar-refractivity contribution in [2.75, 3.05) is 5.32 Å². The summed E-state index contributed by atoms with van der Waals surface area (Å²) in [6.07, 6.45) is 0. The van der Waals surface area contributed by atoms with Gasteiger partial charge in [0.25, 0.3) is 17.3 Å². The fourth-order valence-electron chi connectivity index (χ4n) is 3.26. The van der Waals surface area contributed by atoms with Crippen LogP contribution in [0.4, 0.5) is 17.1 Å². The number of rotatable bonds is 5. The highest BCUT2D eigenvalue weighted by Gasteiger charge is 2.24. The first-order valence-corrected chi connectivity index (χ1v) is 9.59. The lowest BCUT2D eigenvalue weighted by molar-refractivity contribution is -0.394. The van der Waals surface area contributed by atoms with Crippen LogP contribution in [-0.4, -0.2) is 25.8 Å². The Balaban J connectivity index is 1.68. The van der Waals surface area contributed by atoms with E-state index < -0.39 is 27.1 Å². The summed E-state index contributed by atoms with van der Waals surface area (Å²) in [6.45, 7) is 3.87. The van der Waals surface area contributed by atoms with Crippen LogP contribution in [0.3, 0.4) is 0 Å². The SMILES string of the molecule is Cc1cc2nc(-c3cc(NC(=O)c4ccc([N+](=O)[O-])cc4[N+](=O)[O-])ccc3O)oc2cc1C. The van der Waals surface area contributed by atoms with Gasteiger partial charge in [-0.05, 0) is 61.4 Å². The van der Waals surface area contributed by atoms with E-state index in [1.807, 2.05) is 26.0 Å². The predicted molar refractivity (Wildman–Crippen MR) is 118 cm³/mol. The number of phenols is 1. The Kier molecular flexibility index (Phi) is 5.22. The van der Waals surface area contributed by atoms with Crippen molar-refractivity contribution in [3.8, 4) is 17.2 Å². The van der Waals surface area contributed by atoms with E-state index in [0.29, 0.717) is 11.1 Å². The average Bonchev–Trinajstić information content (AvgIpc) is 3.17. The third-order valence-corrected chi connectivity index (χ3v) is 5.12. The average molecular weight is 448 g/mol. The second kappa shape index (κ2) is 8.04. The predicted octanol–water partition coefficient (Wildman–Crippen LogP) is 4.89. The largest absolute Gasteiger partial charge is 0.507 e. The molecule has 0 unspecified atom stereocenters. The molecule has 0 aliphatic carbocycles. The van der Waals surface area contributed by atoms with Crippen molar-refractivity contribution in [2.45, 2.75) is 13.8 Å². The number of fused-ring (bicyclic) bond motifs is 1. The molecule has 1 amide bonds. The van der Waals surface area contributed by atoms with Crippen LogP contribution in [0.1, 0.15) is 21.5 Å². The van der Waals surface area contributed by atoms with Gasteiger partial charge in [0.05, 0.1) is 21.5 Å². The number of amides is 1. The number of anilines is 1. The Morgan fingerprint density at radius 3 is 2.42 bits per heavy atom. The van der Waals surface area contributed by atoms with Gasteiger partial charge in [0, 0.05) is 11.8 Å². The lowest BCUT2D eigenvalue weighted by atomic mass is 10.1. The smallest absolute Gasteiger partial charge is 0.289 e. The molecular formula is C22H16N4O7. The van der Waals surface area contributed by atoms with Gasteiger partial charge in [-0.2, -0.15) is 0 Å². The summed E-state index contributed by atoms with van der Waals surface area (Å²) in [5.41, 5.74) is 2.02. The van der Waals surface area contributed by atoms with E-state index in [9.17, 15) is 30.1 Å². The quantitative estimate of drug-likeness (QED) is 0.248. The number of aromatic hydroxyl groups is 1. The molecule has 33 heavy (non-hydrogen) atoms. The molecule has 0 fully saturated rings. The monoisotopic (exact) mass is 448 g/mol. The van der Waals surface area contributed by atoms with Crippen LogP contribution in [0.15, 0.2) is 52.9 Å². The van der Waals surface area contributed by atoms with E-state index >= 15 is 0 Å².